The van der Waals surface area contributed by atoms with Gasteiger partial charge in [-0.05, 0) is 118 Å². The Balaban J connectivity index is 0.779. The minimum Gasteiger partial charge on any atom is -0.392 e. The lowest BCUT2D eigenvalue weighted by molar-refractivity contribution is -0.136. The van der Waals surface area contributed by atoms with Gasteiger partial charge in [0.1, 0.15) is 17.6 Å². The minimum atomic E-state index is -1.03. The summed E-state index contributed by atoms with van der Waals surface area (Å²) in [5.41, 5.74) is 8.18. The van der Waals surface area contributed by atoms with Gasteiger partial charge in [0.05, 0.1) is 34.8 Å². The molecule has 4 atom stereocenters. The SMILES string of the molecule is C=CC(=O)Nc1cc(Nc2nc(-c3ccnc(N4CCn5c(cc6c5CC(C)(C)C6)C4=O)c3CO)cn(C)c2=O)ccc1N1CCN(C2CCN(c3cc4c(cc3C)C(=O)N(C3CCC(=O)NC3=O)C4=O)[C@@H](C)C2)C[C@@H]1C. The van der Waals surface area contributed by atoms with Crippen molar-refractivity contribution in [3.8, 4) is 11.3 Å². The number of nitrogens with one attached hydrogen (secondary N) is 3. The summed E-state index contributed by atoms with van der Waals surface area (Å²) >= 11 is 0. The van der Waals surface area contributed by atoms with Crippen molar-refractivity contribution in [1.29, 1.82) is 0 Å². The highest BCUT2D eigenvalue weighted by molar-refractivity contribution is 6.24. The first-order chi connectivity index (χ1) is 36.8. The van der Waals surface area contributed by atoms with Crippen LogP contribution in [0.1, 0.15) is 107 Å². The Labute approximate surface area is 445 Å². The molecule has 2 unspecified atom stereocenters. The third-order valence-corrected chi connectivity index (χ3v) is 16.5. The van der Waals surface area contributed by atoms with E-state index < -0.39 is 47.7 Å². The van der Waals surface area contributed by atoms with Crippen molar-refractivity contribution in [3.63, 3.8) is 0 Å². The van der Waals surface area contributed by atoms with E-state index in [-0.39, 0.29) is 59.2 Å². The van der Waals surface area contributed by atoms with Crippen LogP contribution in [-0.4, -0.2) is 126 Å². The molecule has 0 saturated carbocycles. The van der Waals surface area contributed by atoms with Crippen molar-refractivity contribution in [2.45, 2.75) is 110 Å². The van der Waals surface area contributed by atoms with E-state index in [2.05, 4.69) is 74.5 Å². The Morgan fingerprint density at radius 1 is 0.883 bits per heavy atom. The van der Waals surface area contributed by atoms with Crippen LogP contribution in [-0.2, 0) is 47.4 Å². The molecule has 0 spiro atoms. The van der Waals surface area contributed by atoms with Crippen molar-refractivity contribution in [1.82, 2.24) is 34.2 Å². The van der Waals surface area contributed by atoms with E-state index >= 15 is 0 Å². The molecule has 0 radical (unpaired) electrons. The van der Waals surface area contributed by atoms with Gasteiger partial charge in [-0.1, -0.05) is 20.4 Å². The van der Waals surface area contributed by atoms with Gasteiger partial charge in [0, 0.05) is 111 Å². The summed E-state index contributed by atoms with van der Waals surface area (Å²) in [4.78, 5) is 112. The molecule has 3 saturated heterocycles. The highest BCUT2D eigenvalue weighted by Gasteiger charge is 2.46. The van der Waals surface area contributed by atoms with Gasteiger partial charge in [-0.2, -0.15) is 0 Å². The molecule has 6 amide bonds. The van der Waals surface area contributed by atoms with Crippen LogP contribution in [0.5, 0.6) is 0 Å². The molecule has 2 aromatic carbocycles. The van der Waals surface area contributed by atoms with Crippen molar-refractivity contribution in [2.75, 3.05) is 58.1 Å². The number of benzene rings is 2. The Morgan fingerprint density at radius 2 is 1.65 bits per heavy atom. The number of carbonyl (C=O) groups excluding carboxylic acids is 6. The average Bonchev–Trinajstić information content (AvgIpc) is 4.08. The highest BCUT2D eigenvalue weighted by atomic mass is 16.3. The summed E-state index contributed by atoms with van der Waals surface area (Å²) in [6.07, 6.45) is 8.09. The topological polar surface area (TPSA) is 228 Å². The van der Waals surface area contributed by atoms with Gasteiger partial charge in [-0.3, -0.25) is 53.6 Å². The molecule has 11 rings (SSSR count). The zero-order chi connectivity index (χ0) is 54.4. The summed E-state index contributed by atoms with van der Waals surface area (Å²) in [7, 11) is 1.62. The maximum Gasteiger partial charge on any atom is 0.293 e. The van der Waals surface area contributed by atoms with Gasteiger partial charge in [0.15, 0.2) is 5.82 Å². The Bertz CT molecular complexity index is 3420. The third-order valence-electron chi connectivity index (χ3n) is 16.5. The summed E-state index contributed by atoms with van der Waals surface area (Å²) in [5, 5.41) is 19.3. The Hall–Kier alpha value is -7.97. The van der Waals surface area contributed by atoms with Crippen LogP contribution in [0, 0.1) is 12.3 Å². The zero-order valence-corrected chi connectivity index (χ0v) is 44.3. The van der Waals surface area contributed by atoms with Crippen LogP contribution in [0.3, 0.4) is 0 Å². The predicted octanol–water partition coefficient (Wildman–Crippen LogP) is 5.07. The number of piperazine rings is 1. The lowest BCUT2D eigenvalue weighted by Gasteiger charge is -2.48. The number of anilines is 6. The molecular weight excluding hydrogens is 981 g/mol. The van der Waals surface area contributed by atoms with E-state index in [1.807, 2.05) is 25.1 Å². The van der Waals surface area contributed by atoms with Gasteiger partial charge in [-0.15, -0.1) is 0 Å². The molecule has 5 aliphatic heterocycles. The number of fused-ring (bicyclic) bond motifs is 4. The minimum absolute atomic E-state index is 0.0129. The number of aryl methyl sites for hydroxylation is 2. The maximum atomic E-state index is 14.1. The number of nitrogens with zero attached hydrogens (tertiary/aromatic N) is 9. The van der Waals surface area contributed by atoms with Crippen molar-refractivity contribution >= 4 is 69.8 Å². The number of pyridine rings is 1. The van der Waals surface area contributed by atoms with Gasteiger partial charge >= 0.3 is 0 Å². The number of aliphatic hydroxyl groups is 1. The van der Waals surface area contributed by atoms with Crippen LogP contribution in [0.25, 0.3) is 11.3 Å². The number of amides is 6. The van der Waals surface area contributed by atoms with E-state index in [0.29, 0.717) is 59.3 Å². The number of aliphatic hydroxyl groups excluding tert-OH is 1. The van der Waals surface area contributed by atoms with Gasteiger partial charge in [-0.25, -0.2) is 9.97 Å². The largest absolute Gasteiger partial charge is 0.392 e. The molecule has 77 heavy (non-hydrogen) atoms. The summed E-state index contributed by atoms with van der Waals surface area (Å²) in [6.45, 7) is 17.9. The zero-order valence-electron chi connectivity index (χ0n) is 44.3. The maximum absolute atomic E-state index is 14.1. The smallest absolute Gasteiger partial charge is 0.293 e. The van der Waals surface area contributed by atoms with Crippen LogP contribution in [0.15, 0.2) is 72.3 Å². The molecule has 4 N–H and O–H groups in total. The monoisotopic (exact) mass is 1040 g/mol. The van der Waals surface area contributed by atoms with E-state index in [1.54, 1.807) is 48.6 Å². The van der Waals surface area contributed by atoms with Crippen LogP contribution in [0.4, 0.5) is 34.4 Å². The van der Waals surface area contributed by atoms with Crippen LogP contribution < -0.4 is 36.2 Å². The molecule has 400 valence electrons. The summed E-state index contributed by atoms with van der Waals surface area (Å²) < 4.78 is 3.54. The molecular formula is C57H64N12O8. The fourth-order valence-corrected chi connectivity index (χ4v) is 12.8. The number of aromatic nitrogens is 4. The second-order valence-corrected chi connectivity index (χ2v) is 22.3. The quantitative estimate of drug-likeness (QED) is 0.100. The number of imide groups is 2. The summed E-state index contributed by atoms with van der Waals surface area (Å²) in [6, 6.07) is 12.2. The fourth-order valence-electron chi connectivity index (χ4n) is 12.8. The first-order valence-electron chi connectivity index (χ1n) is 26.5. The van der Waals surface area contributed by atoms with E-state index in [1.165, 1.54) is 21.9 Å². The molecule has 3 aromatic heterocycles. The van der Waals surface area contributed by atoms with Gasteiger partial charge < -0.3 is 34.7 Å². The molecule has 0 bridgehead atoms. The molecule has 1 aliphatic carbocycles. The number of carbonyl (C=O) groups is 6. The standard InChI is InChI=1S/C57H64N12O8/c1-8-48(71)60-41-24-35(59-50-56(77)63(7)29-42(61-50)37-13-15-58-51(40(37)30-70)68-20-19-67-46(55(68)76)23-34-26-57(5,6)27-47(34)67)9-10-43(41)66-18-17-64(28-33(66)4)36-14-16-65(32(3)22-36)45-25-39-38(21-31(45)2)53(74)69(54(39)75)44-11-12-49(72)62-52(44)73/h8-10,13,15,21,23-25,29,32-33,36,44,70H,1,11-12,14,16-20,22,26-28,30H2,2-7H3,(H,59,61)(H,60,71)(H,62,72,73)/t32-,33-,36?,44?/m0/s1. The van der Waals surface area contributed by atoms with Gasteiger partial charge in [0.2, 0.25) is 17.7 Å². The fraction of sp³-hybridized carbons (Fsp3) is 0.421. The van der Waals surface area contributed by atoms with Crippen LogP contribution in [0.2, 0.25) is 0 Å². The lowest BCUT2D eigenvalue weighted by Crippen LogP contribution is -2.58. The predicted molar refractivity (Wildman–Crippen MR) is 291 cm³/mol. The van der Waals surface area contributed by atoms with Crippen molar-refractivity contribution in [2.24, 2.45) is 12.5 Å². The number of hydrogen-bond acceptors (Lipinski definition) is 14. The molecule has 5 aromatic rings. The molecule has 20 nitrogen and oxygen atoms in total. The molecule has 20 heteroatoms. The van der Waals surface area contributed by atoms with E-state index in [0.717, 1.165) is 67.2 Å². The number of hydrogen-bond donors (Lipinski definition) is 4. The first-order valence-corrected chi connectivity index (χ1v) is 26.5. The number of rotatable bonds is 11. The second-order valence-electron chi connectivity index (χ2n) is 22.3. The average molecular weight is 1050 g/mol. The second kappa shape index (κ2) is 19.6. The first kappa shape index (κ1) is 51.2. The van der Waals surface area contributed by atoms with E-state index in [4.69, 9.17) is 4.98 Å². The highest BCUT2D eigenvalue weighted by Crippen LogP contribution is 2.42. The van der Waals surface area contributed by atoms with Crippen LogP contribution >= 0.6 is 0 Å². The third kappa shape index (κ3) is 9.05. The van der Waals surface area contributed by atoms with Crippen molar-refractivity contribution < 1.29 is 33.9 Å². The van der Waals surface area contributed by atoms with Crippen molar-refractivity contribution in [3.05, 3.63) is 117 Å². The van der Waals surface area contributed by atoms with Gasteiger partial charge in [0.25, 0.3) is 23.3 Å². The molecule has 8 heterocycles. The summed E-state index contributed by atoms with van der Waals surface area (Å²) in [5.74, 6) is -2.32. The number of piperidine rings is 2. The Morgan fingerprint density at radius 3 is 2.38 bits per heavy atom. The molecule has 3 fully saturated rings. The molecule has 6 aliphatic rings. The lowest BCUT2D eigenvalue weighted by atomic mass is 9.90. The van der Waals surface area contributed by atoms with E-state index in [9.17, 15) is 38.7 Å². The normalized spacial score (nSPS) is 22.2. The Kier molecular flexibility index (Phi) is 13.0.